The number of aromatic nitrogens is 3. The van der Waals surface area contributed by atoms with Gasteiger partial charge in [-0.15, -0.1) is 5.10 Å². The van der Waals surface area contributed by atoms with Gasteiger partial charge in [0, 0.05) is 22.6 Å². The Labute approximate surface area is 218 Å². The first kappa shape index (κ1) is 26.6. The van der Waals surface area contributed by atoms with Gasteiger partial charge >= 0.3 is 11.9 Å². The van der Waals surface area contributed by atoms with E-state index < -0.39 is 40.6 Å². The lowest BCUT2D eigenvalue weighted by molar-refractivity contribution is -0.137. The van der Waals surface area contributed by atoms with Crippen LogP contribution in [0.2, 0.25) is 10.0 Å². The van der Waals surface area contributed by atoms with Crippen LogP contribution in [0.3, 0.4) is 0 Å². The molecule has 37 heavy (non-hydrogen) atoms. The van der Waals surface area contributed by atoms with E-state index in [-0.39, 0.29) is 36.3 Å². The van der Waals surface area contributed by atoms with Gasteiger partial charge in [0.2, 0.25) is 0 Å². The van der Waals surface area contributed by atoms with Crippen molar-refractivity contribution < 1.29 is 22.4 Å². The predicted octanol–water partition coefficient (Wildman–Crippen LogP) is 6.43. The molecule has 5 nitrogen and oxygen atoms in total. The molecule has 1 heterocycles. The Morgan fingerprint density at radius 3 is 2.27 bits per heavy atom. The number of nitrogens with zero attached hydrogens (tertiary/aromatic N) is 3. The van der Waals surface area contributed by atoms with E-state index in [9.17, 15) is 27.2 Å². The Morgan fingerprint density at radius 1 is 0.919 bits per heavy atom. The lowest BCUT2D eigenvalue weighted by Crippen LogP contribution is -2.28. The minimum absolute atomic E-state index is 0.0453. The van der Waals surface area contributed by atoms with Crippen molar-refractivity contribution in [3.8, 4) is 11.4 Å². The molecule has 11 heteroatoms. The molecule has 4 aromatic rings. The van der Waals surface area contributed by atoms with Crippen LogP contribution in [-0.2, 0) is 30.5 Å². The van der Waals surface area contributed by atoms with Crippen molar-refractivity contribution in [3.63, 3.8) is 0 Å². The number of halogens is 6. The molecule has 1 aromatic heterocycles. The monoisotopic (exact) mass is 551 g/mol. The zero-order valence-corrected chi connectivity index (χ0v) is 20.6. The quantitative estimate of drug-likeness (QED) is 0.237. The summed E-state index contributed by atoms with van der Waals surface area (Å²) in [5, 5.41) is 4.31. The molecule has 0 bridgehead atoms. The highest BCUT2D eigenvalue weighted by Crippen LogP contribution is 2.36. The molecule has 0 spiro atoms. The second-order valence-corrected chi connectivity index (χ2v) is 9.08. The fourth-order valence-electron chi connectivity index (χ4n) is 3.81. The second kappa shape index (κ2) is 10.9. The molecule has 0 N–H and O–H groups in total. The summed E-state index contributed by atoms with van der Waals surface area (Å²) in [6, 6.07) is 16.0. The standard InChI is InChI=1S/C26H19Cl2F4N3O2/c27-19-11-8-17(9-12-19)24-33-35(25(37)34(24)14-18-4-1-2-7-22(18)29)15-20(36)13-10-16-5-3-6-21(23(16)28)26(30,31)32/h1-9,11-12H,10,13-15H2. The molecule has 192 valence electrons. The zero-order valence-electron chi connectivity index (χ0n) is 19.1. The molecule has 0 saturated carbocycles. The molecule has 0 aliphatic rings. The van der Waals surface area contributed by atoms with Gasteiger partial charge in [-0.2, -0.15) is 13.2 Å². The summed E-state index contributed by atoms with van der Waals surface area (Å²) in [7, 11) is 0. The number of alkyl halides is 3. The molecule has 0 unspecified atom stereocenters. The van der Waals surface area contributed by atoms with E-state index in [1.54, 1.807) is 30.3 Å². The van der Waals surface area contributed by atoms with Crippen molar-refractivity contribution in [2.45, 2.75) is 32.1 Å². The van der Waals surface area contributed by atoms with Crippen LogP contribution in [0.4, 0.5) is 17.6 Å². The molecule has 0 aliphatic carbocycles. The largest absolute Gasteiger partial charge is 0.417 e. The number of ketones is 1. The smallest absolute Gasteiger partial charge is 0.298 e. The maximum atomic E-state index is 14.3. The zero-order chi connectivity index (χ0) is 26.7. The Hall–Kier alpha value is -3.43. The number of hydrogen-bond acceptors (Lipinski definition) is 3. The van der Waals surface area contributed by atoms with Gasteiger partial charge in [-0.25, -0.2) is 13.9 Å². The third-order valence-electron chi connectivity index (χ3n) is 5.69. The molecule has 3 aromatic carbocycles. The number of rotatable bonds is 8. The molecular weight excluding hydrogens is 533 g/mol. The van der Waals surface area contributed by atoms with Gasteiger partial charge in [0.1, 0.15) is 12.4 Å². The molecule has 4 rings (SSSR count). The van der Waals surface area contributed by atoms with Gasteiger partial charge in [0.15, 0.2) is 11.6 Å². The third-order valence-corrected chi connectivity index (χ3v) is 6.39. The van der Waals surface area contributed by atoms with Gasteiger partial charge < -0.3 is 0 Å². The normalized spacial score (nSPS) is 11.6. The van der Waals surface area contributed by atoms with Gasteiger partial charge in [-0.3, -0.25) is 9.36 Å². The van der Waals surface area contributed by atoms with Crippen LogP contribution in [0.1, 0.15) is 23.1 Å². The van der Waals surface area contributed by atoms with Crippen LogP contribution in [-0.4, -0.2) is 20.1 Å². The molecule has 0 aliphatic heterocycles. The first-order chi connectivity index (χ1) is 17.5. The highest BCUT2D eigenvalue weighted by atomic mass is 35.5. The van der Waals surface area contributed by atoms with E-state index in [0.29, 0.717) is 10.6 Å². The van der Waals surface area contributed by atoms with Crippen molar-refractivity contribution in [3.05, 3.63) is 110 Å². The van der Waals surface area contributed by atoms with Crippen LogP contribution in [0.15, 0.2) is 71.5 Å². The number of Topliss-reactive ketones (excluding diaryl/α,β-unsaturated/α-hetero) is 1. The molecule has 0 amide bonds. The number of carbonyl (C=O) groups excluding carboxylic acids is 1. The molecule has 0 fully saturated rings. The minimum atomic E-state index is -4.62. The SMILES string of the molecule is O=C(CCc1cccc(C(F)(F)F)c1Cl)Cn1nc(-c2ccc(Cl)cc2)n(Cc2ccccc2F)c1=O. The van der Waals surface area contributed by atoms with Crippen LogP contribution in [0, 0.1) is 5.82 Å². The predicted molar refractivity (Wildman–Crippen MR) is 132 cm³/mol. The molecule has 0 saturated heterocycles. The summed E-state index contributed by atoms with van der Waals surface area (Å²) < 4.78 is 55.9. The van der Waals surface area contributed by atoms with Crippen LogP contribution in [0.5, 0.6) is 0 Å². The van der Waals surface area contributed by atoms with E-state index >= 15 is 0 Å². The number of carbonyl (C=O) groups is 1. The van der Waals surface area contributed by atoms with Crippen molar-refractivity contribution >= 4 is 29.0 Å². The first-order valence-electron chi connectivity index (χ1n) is 11.1. The van der Waals surface area contributed by atoms with E-state index in [0.717, 1.165) is 10.7 Å². The highest BCUT2D eigenvalue weighted by Gasteiger charge is 2.33. The summed E-state index contributed by atoms with van der Waals surface area (Å²) >= 11 is 11.9. The maximum absolute atomic E-state index is 14.3. The topological polar surface area (TPSA) is 56.9 Å². The minimum Gasteiger partial charge on any atom is -0.298 e. The summed E-state index contributed by atoms with van der Waals surface area (Å²) in [6.45, 7) is -0.544. The lowest BCUT2D eigenvalue weighted by atomic mass is 10.0. The molecule has 0 radical (unpaired) electrons. The lowest BCUT2D eigenvalue weighted by Gasteiger charge is -2.12. The number of aryl methyl sites for hydroxylation is 1. The van der Waals surface area contributed by atoms with Gasteiger partial charge in [0.05, 0.1) is 17.1 Å². The summed E-state index contributed by atoms with van der Waals surface area (Å²) in [5.41, 5.74) is -0.665. The second-order valence-electron chi connectivity index (χ2n) is 8.26. The highest BCUT2D eigenvalue weighted by molar-refractivity contribution is 6.32. The van der Waals surface area contributed by atoms with Crippen LogP contribution < -0.4 is 5.69 Å². The van der Waals surface area contributed by atoms with Crippen LogP contribution >= 0.6 is 23.2 Å². The molecule has 0 atom stereocenters. The Morgan fingerprint density at radius 2 is 1.59 bits per heavy atom. The third kappa shape index (κ3) is 6.11. The summed E-state index contributed by atoms with van der Waals surface area (Å²) in [4.78, 5) is 25.9. The Balaban J connectivity index is 1.59. The fraction of sp³-hybridized carbons (Fsp3) is 0.192. The number of benzene rings is 3. The first-order valence-corrected chi connectivity index (χ1v) is 11.8. The van der Waals surface area contributed by atoms with Gasteiger partial charge in [-0.1, -0.05) is 53.5 Å². The van der Waals surface area contributed by atoms with Gasteiger partial charge in [0.25, 0.3) is 0 Å². The van der Waals surface area contributed by atoms with E-state index in [4.69, 9.17) is 23.2 Å². The van der Waals surface area contributed by atoms with Crippen molar-refractivity contribution in [2.24, 2.45) is 0 Å². The summed E-state index contributed by atoms with van der Waals surface area (Å²) in [5.74, 6) is -0.731. The number of hydrogen-bond donors (Lipinski definition) is 0. The van der Waals surface area contributed by atoms with E-state index in [1.807, 2.05) is 0 Å². The van der Waals surface area contributed by atoms with Crippen molar-refractivity contribution in [2.75, 3.05) is 0 Å². The Kier molecular flexibility index (Phi) is 7.85. The average molecular weight is 552 g/mol. The average Bonchev–Trinajstić information content (AvgIpc) is 3.14. The molecular formula is C26H19Cl2F4N3O2. The summed E-state index contributed by atoms with van der Waals surface area (Å²) in [6.07, 6.45) is -4.83. The van der Waals surface area contributed by atoms with Crippen molar-refractivity contribution in [1.29, 1.82) is 0 Å². The van der Waals surface area contributed by atoms with Crippen molar-refractivity contribution in [1.82, 2.24) is 14.3 Å². The van der Waals surface area contributed by atoms with Crippen LogP contribution in [0.25, 0.3) is 11.4 Å². The van der Waals surface area contributed by atoms with E-state index in [1.165, 1.54) is 34.9 Å². The Bertz CT molecular complexity index is 1500. The van der Waals surface area contributed by atoms with Gasteiger partial charge in [-0.05, 0) is 48.4 Å². The van der Waals surface area contributed by atoms with E-state index in [2.05, 4.69) is 5.10 Å². The maximum Gasteiger partial charge on any atom is 0.417 e. The fourth-order valence-corrected chi connectivity index (χ4v) is 4.26.